The van der Waals surface area contributed by atoms with Crippen molar-refractivity contribution in [3.8, 4) is 0 Å². The van der Waals surface area contributed by atoms with Crippen molar-refractivity contribution in [3.05, 3.63) is 47.2 Å². The molecule has 0 spiro atoms. The lowest BCUT2D eigenvalue weighted by atomic mass is 9.97. The molecule has 0 fully saturated rings. The van der Waals surface area contributed by atoms with Crippen LogP contribution in [0, 0.1) is 6.92 Å². The van der Waals surface area contributed by atoms with Crippen LogP contribution in [0.1, 0.15) is 69.9 Å². The highest BCUT2D eigenvalue weighted by atomic mass is 16.4. The topological polar surface area (TPSA) is 55.1 Å². The Hall–Kier alpha value is -2.10. The van der Waals surface area contributed by atoms with Crippen molar-refractivity contribution in [1.82, 2.24) is 4.98 Å². The molecule has 1 heterocycles. The van der Waals surface area contributed by atoms with E-state index in [1.165, 1.54) is 18.4 Å². The zero-order chi connectivity index (χ0) is 18.4. The fraction of sp³-hybridized carbons (Fsp3) is 0.524. The highest BCUT2D eigenvalue weighted by molar-refractivity contribution is 5.90. The molecule has 0 unspecified atom stereocenters. The van der Waals surface area contributed by atoms with Crippen molar-refractivity contribution in [2.75, 3.05) is 5.32 Å². The molecule has 4 heteroatoms. The summed E-state index contributed by atoms with van der Waals surface area (Å²) in [7, 11) is 0. The Labute approximate surface area is 151 Å². The first-order valence-electron chi connectivity index (χ1n) is 9.15. The molecular weight excluding hydrogens is 312 g/mol. The molecule has 2 aromatic rings. The molecule has 0 bridgehead atoms. The molecule has 0 radical (unpaired) electrons. The first-order valence-corrected chi connectivity index (χ1v) is 9.15. The largest absolute Gasteiger partial charge is 0.445 e. The number of unbranched alkanes of at least 4 members (excludes halogenated alkanes) is 1. The molecule has 1 N–H and O–H groups in total. The molecule has 0 atom stereocenters. The van der Waals surface area contributed by atoms with Gasteiger partial charge in [0.1, 0.15) is 5.76 Å². The van der Waals surface area contributed by atoms with E-state index in [2.05, 4.69) is 50.1 Å². The second-order valence-electron chi connectivity index (χ2n) is 7.63. The SMILES string of the molecule is CCCCc1ccc(NC(=O)CCc2oc(C(C)(C)C)nc2C)cc1. The van der Waals surface area contributed by atoms with E-state index in [1.54, 1.807) is 0 Å². The van der Waals surface area contributed by atoms with Crippen LogP contribution in [0.15, 0.2) is 28.7 Å². The van der Waals surface area contributed by atoms with Crippen LogP contribution in [-0.2, 0) is 23.1 Å². The molecule has 1 aromatic carbocycles. The van der Waals surface area contributed by atoms with Crippen molar-refractivity contribution in [3.63, 3.8) is 0 Å². The minimum Gasteiger partial charge on any atom is -0.445 e. The van der Waals surface area contributed by atoms with Gasteiger partial charge in [0, 0.05) is 23.9 Å². The van der Waals surface area contributed by atoms with Gasteiger partial charge in [-0.25, -0.2) is 4.98 Å². The minimum atomic E-state index is -0.120. The van der Waals surface area contributed by atoms with Gasteiger partial charge in [0.05, 0.1) is 5.69 Å². The molecule has 0 aliphatic rings. The quantitative estimate of drug-likeness (QED) is 0.753. The Morgan fingerprint density at radius 1 is 1.16 bits per heavy atom. The van der Waals surface area contributed by atoms with Gasteiger partial charge in [-0.3, -0.25) is 4.79 Å². The average Bonchev–Trinajstić information content (AvgIpc) is 2.93. The van der Waals surface area contributed by atoms with E-state index in [0.29, 0.717) is 12.8 Å². The summed E-state index contributed by atoms with van der Waals surface area (Å²) in [6.45, 7) is 10.3. The van der Waals surface area contributed by atoms with Crippen LogP contribution in [0.4, 0.5) is 5.69 Å². The molecule has 25 heavy (non-hydrogen) atoms. The van der Waals surface area contributed by atoms with Gasteiger partial charge >= 0.3 is 0 Å². The lowest BCUT2D eigenvalue weighted by Crippen LogP contribution is -2.12. The Morgan fingerprint density at radius 2 is 1.84 bits per heavy atom. The lowest BCUT2D eigenvalue weighted by molar-refractivity contribution is -0.116. The molecule has 136 valence electrons. The summed E-state index contributed by atoms with van der Waals surface area (Å²) in [6.07, 6.45) is 4.42. The number of hydrogen-bond acceptors (Lipinski definition) is 3. The van der Waals surface area contributed by atoms with E-state index in [9.17, 15) is 4.79 Å². The summed E-state index contributed by atoms with van der Waals surface area (Å²) in [6, 6.07) is 8.11. The third kappa shape index (κ3) is 5.73. The maximum absolute atomic E-state index is 12.2. The molecule has 2 rings (SSSR count). The van der Waals surface area contributed by atoms with Crippen molar-refractivity contribution < 1.29 is 9.21 Å². The first-order chi connectivity index (χ1) is 11.8. The van der Waals surface area contributed by atoms with Gasteiger partial charge in [0.25, 0.3) is 0 Å². The fourth-order valence-corrected chi connectivity index (χ4v) is 2.57. The Balaban J connectivity index is 1.87. The fourth-order valence-electron chi connectivity index (χ4n) is 2.57. The Bertz CT molecular complexity index is 694. The zero-order valence-electron chi connectivity index (χ0n) is 16.1. The number of benzene rings is 1. The summed E-state index contributed by atoms with van der Waals surface area (Å²) in [5.74, 6) is 1.52. The van der Waals surface area contributed by atoms with Crippen LogP contribution >= 0.6 is 0 Å². The molecule has 0 saturated carbocycles. The monoisotopic (exact) mass is 342 g/mol. The molecule has 1 amide bonds. The third-order valence-electron chi connectivity index (χ3n) is 4.17. The number of hydrogen-bond donors (Lipinski definition) is 1. The van der Waals surface area contributed by atoms with Crippen LogP contribution in [0.2, 0.25) is 0 Å². The van der Waals surface area contributed by atoms with E-state index in [4.69, 9.17) is 4.42 Å². The standard InChI is InChI=1S/C21H30N2O2/c1-6-7-8-16-9-11-17(12-10-16)23-19(24)14-13-18-15(2)22-20(25-18)21(3,4)5/h9-12H,6-8,13-14H2,1-5H3,(H,23,24). The van der Waals surface area contributed by atoms with E-state index in [-0.39, 0.29) is 11.3 Å². The molecule has 0 aliphatic heterocycles. The van der Waals surface area contributed by atoms with Crippen LogP contribution < -0.4 is 5.32 Å². The highest BCUT2D eigenvalue weighted by Gasteiger charge is 2.22. The van der Waals surface area contributed by atoms with Gasteiger partial charge in [0.15, 0.2) is 5.89 Å². The molecule has 4 nitrogen and oxygen atoms in total. The number of anilines is 1. The van der Waals surface area contributed by atoms with Gasteiger partial charge in [-0.1, -0.05) is 46.2 Å². The second-order valence-corrected chi connectivity index (χ2v) is 7.63. The summed E-state index contributed by atoms with van der Waals surface area (Å²) in [5.41, 5.74) is 2.91. The van der Waals surface area contributed by atoms with Crippen molar-refractivity contribution in [2.45, 2.75) is 72.1 Å². The molecule has 1 aromatic heterocycles. The normalized spacial score (nSPS) is 11.6. The van der Waals surface area contributed by atoms with Gasteiger partial charge in [-0.15, -0.1) is 0 Å². The van der Waals surface area contributed by atoms with Crippen LogP contribution in [0.5, 0.6) is 0 Å². The predicted octanol–water partition coefficient (Wildman–Crippen LogP) is 5.19. The van der Waals surface area contributed by atoms with E-state index < -0.39 is 0 Å². The summed E-state index contributed by atoms with van der Waals surface area (Å²) in [4.78, 5) is 16.7. The number of amides is 1. The van der Waals surface area contributed by atoms with Gasteiger partial charge in [0.2, 0.25) is 5.91 Å². The van der Waals surface area contributed by atoms with Gasteiger partial charge in [-0.05, 0) is 37.5 Å². The molecular formula is C21H30N2O2. The average molecular weight is 342 g/mol. The van der Waals surface area contributed by atoms with E-state index in [0.717, 1.165) is 29.5 Å². The predicted molar refractivity (Wildman–Crippen MR) is 102 cm³/mol. The summed E-state index contributed by atoms with van der Waals surface area (Å²) < 4.78 is 5.84. The number of aromatic nitrogens is 1. The smallest absolute Gasteiger partial charge is 0.224 e. The number of oxazole rings is 1. The molecule has 0 saturated heterocycles. The number of carbonyl (C=O) groups excluding carboxylic acids is 1. The second kappa shape index (κ2) is 8.32. The van der Waals surface area contributed by atoms with Gasteiger partial charge < -0.3 is 9.73 Å². The Morgan fingerprint density at radius 3 is 2.40 bits per heavy atom. The summed E-state index contributed by atoms with van der Waals surface area (Å²) >= 11 is 0. The minimum absolute atomic E-state index is 0.00517. The Kier molecular flexibility index (Phi) is 6.40. The third-order valence-corrected chi connectivity index (χ3v) is 4.17. The van der Waals surface area contributed by atoms with Crippen LogP contribution in [0.3, 0.4) is 0 Å². The van der Waals surface area contributed by atoms with Crippen molar-refractivity contribution in [1.29, 1.82) is 0 Å². The van der Waals surface area contributed by atoms with Crippen molar-refractivity contribution >= 4 is 11.6 Å². The van der Waals surface area contributed by atoms with Gasteiger partial charge in [-0.2, -0.15) is 0 Å². The van der Waals surface area contributed by atoms with E-state index >= 15 is 0 Å². The maximum Gasteiger partial charge on any atom is 0.224 e. The highest BCUT2D eigenvalue weighted by Crippen LogP contribution is 2.24. The maximum atomic E-state index is 12.2. The number of nitrogens with one attached hydrogen (secondary N) is 1. The summed E-state index contributed by atoms with van der Waals surface area (Å²) in [5, 5.41) is 2.95. The zero-order valence-corrected chi connectivity index (χ0v) is 16.1. The number of aryl methyl sites for hydroxylation is 3. The van der Waals surface area contributed by atoms with Crippen LogP contribution in [0.25, 0.3) is 0 Å². The number of carbonyl (C=O) groups is 1. The number of rotatable bonds is 7. The molecule has 0 aliphatic carbocycles. The van der Waals surface area contributed by atoms with E-state index in [1.807, 2.05) is 19.1 Å². The van der Waals surface area contributed by atoms with Crippen LogP contribution in [-0.4, -0.2) is 10.9 Å². The lowest BCUT2D eigenvalue weighted by Gasteiger charge is -2.12. The van der Waals surface area contributed by atoms with Crippen molar-refractivity contribution in [2.24, 2.45) is 0 Å². The number of nitrogens with zero attached hydrogens (tertiary/aromatic N) is 1. The first kappa shape index (κ1) is 19.2.